The summed E-state index contributed by atoms with van der Waals surface area (Å²) < 4.78 is 0. The fourth-order valence-corrected chi connectivity index (χ4v) is 6.01. The lowest BCUT2D eigenvalue weighted by molar-refractivity contribution is -0.146. The summed E-state index contributed by atoms with van der Waals surface area (Å²) in [6.07, 6.45) is 5.65. The molecule has 162 valence electrons. The minimum atomic E-state index is -0.937. The van der Waals surface area contributed by atoms with Gasteiger partial charge in [0.2, 0.25) is 5.91 Å². The molecule has 4 rings (SSSR count). The number of nitrogens with one attached hydrogen (secondary N) is 2. The second kappa shape index (κ2) is 8.17. The quantitative estimate of drug-likeness (QED) is 0.612. The number of thiophene rings is 1. The summed E-state index contributed by atoms with van der Waals surface area (Å²) in [6, 6.07) is 0.240. The van der Waals surface area contributed by atoms with Gasteiger partial charge in [0.1, 0.15) is 5.00 Å². The molecule has 1 saturated carbocycles. The fourth-order valence-electron chi connectivity index (χ4n) is 4.60. The largest absolute Gasteiger partial charge is 0.481 e. The van der Waals surface area contributed by atoms with Crippen LogP contribution in [0.15, 0.2) is 11.1 Å². The van der Waals surface area contributed by atoms with Crippen molar-refractivity contribution in [3.05, 3.63) is 27.2 Å². The van der Waals surface area contributed by atoms with Crippen molar-refractivity contribution in [1.29, 1.82) is 0 Å². The molecule has 3 atom stereocenters. The van der Waals surface area contributed by atoms with Crippen LogP contribution in [0.4, 0.5) is 5.00 Å². The van der Waals surface area contributed by atoms with Crippen LogP contribution in [0, 0.1) is 17.8 Å². The Labute approximate surface area is 181 Å². The average Bonchev–Trinajstić information content (AvgIpc) is 3.42. The van der Waals surface area contributed by atoms with E-state index in [1.54, 1.807) is 0 Å². The second-order valence-electron chi connectivity index (χ2n) is 9.31. The smallest absolute Gasteiger partial charge is 0.307 e. The molecule has 3 aliphatic carbocycles. The SMILES string of the molecule is CC1=C(C)C[C@@H](C(=O)O)[C@@H](C(=O)Nc2sc3c(c2C(=O)NC2CC2)CC[C@H](C)C3)C1. The topological polar surface area (TPSA) is 95.5 Å². The molecule has 2 amide bonds. The van der Waals surface area contributed by atoms with Crippen LogP contribution < -0.4 is 10.6 Å². The van der Waals surface area contributed by atoms with E-state index in [-0.39, 0.29) is 17.9 Å². The molecule has 0 radical (unpaired) electrons. The van der Waals surface area contributed by atoms with Crippen LogP contribution in [-0.4, -0.2) is 28.9 Å². The number of aliphatic carboxylic acids is 1. The van der Waals surface area contributed by atoms with Gasteiger partial charge in [-0.05, 0) is 70.3 Å². The summed E-state index contributed by atoms with van der Waals surface area (Å²) in [4.78, 5) is 39.2. The standard InChI is InChI=1S/C23H30N2O4S/c1-11-4-7-15-18(8-11)30-22(19(15)21(27)24-14-5-6-14)25-20(26)16-9-12(2)13(3)10-17(16)23(28)29/h11,14,16-17H,4-10H2,1-3H3,(H,24,27)(H,25,26)(H,28,29)/t11-,16-,17+/m0/s1. The normalized spacial score (nSPS) is 26.2. The predicted molar refractivity (Wildman–Crippen MR) is 117 cm³/mol. The summed E-state index contributed by atoms with van der Waals surface area (Å²) in [5, 5.41) is 16.3. The van der Waals surface area contributed by atoms with E-state index in [9.17, 15) is 19.5 Å². The minimum absolute atomic E-state index is 0.106. The third kappa shape index (κ3) is 4.17. The average molecular weight is 431 g/mol. The van der Waals surface area contributed by atoms with Crippen LogP contribution in [0.25, 0.3) is 0 Å². The minimum Gasteiger partial charge on any atom is -0.481 e. The number of hydrogen-bond donors (Lipinski definition) is 3. The second-order valence-corrected chi connectivity index (χ2v) is 10.4. The predicted octanol–water partition coefficient (Wildman–Crippen LogP) is 4.15. The van der Waals surface area contributed by atoms with E-state index in [1.807, 2.05) is 13.8 Å². The number of carboxylic acid groups (broad SMARTS) is 1. The van der Waals surface area contributed by atoms with Crippen molar-refractivity contribution in [1.82, 2.24) is 5.32 Å². The maximum Gasteiger partial charge on any atom is 0.307 e. The molecule has 6 nitrogen and oxygen atoms in total. The van der Waals surface area contributed by atoms with E-state index in [1.165, 1.54) is 16.2 Å². The zero-order valence-corrected chi connectivity index (χ0v) is 18.7. The Hall–Kier alpha value is -2.15. The van der Waals surface area contributed by atoms with Crippen molar-refractivity contribution in [2.24, 2.45) is 17.8 Å². The number of carbonyl (C=O) groups is 3. The van der Waals surface area contributed by atoms with Gasteiger partial charge in [-0.15, -0.1) is 11.3 Å². The number of anilines is 1. The first-order valence-corrected chi connectivity index (χ1v) is 11.7. The maximum atomic E-state index is 13.2. The summed E-state index contributed by atoms with van der Waals surface area (Å²) >= 11 is 1.49. The Morgan fingerprint density at radius 1 is 1.00 bits per heavy atom. The maximum absolute atomic E-state index is 13.2. The van der Waals surface area contributed by atoms with Gasteiger partial charge in [0.25, 0.3) is 5.91 Å². The van der Waals surface area contributed by atoms with Crippen LogP contribution in [0.3, 0.4) is 0 Å². The molecule has 0 aliphatic heterocycles. The van der Waals surface area contributed by atoms with Crippen molar-refractivity contribution >= 4 is 34.1 Å². The number of allylic oxidation sites excluding steroid dienone is 2. The van der Waals surface area contributed by atoms with Crippen molar-refractivity contribution in [3.8, 4) is 0 Å². The fraction of sp³-hybridized carbons (Fsp3) is 0.609. The molecular weight excluding hydrogens is 400 g/mol. The first-order valence-electron chi connectivity index (χ1n) is 10.9. The Kier molecular flexibility index (Phi) is 5.75. The molecule has 0 aromatic carbocycles. The number of carbonyl (C=O) groups excluding carboxylic acids is 2. The van der Waals surface area contributed by atoms with E-state index in [0.717, 1.165) is 48.8 Å². The van der Waals surface area contributed by atoms with Crippen LogP contribution in [0.5, 0.6) is 0 Å². The lowest BCUT2D eigenvalue weighted by Crippen LogP contribution is -2.37. The zero-order valence-electron chi connectivity index (χ0n) is 17.8. The molecule has 1 aromatic heterocycles. The van der Waals surface area contributed by atoms with Gasteiger partial charge in [-0.3, -0.25) is 14.4 Å². The van der Waals surface area contributed by atoms with E-state index < -0.39 is 17.8 Å². The number of fused-ring (bicyclic) bond motifs is 1. The van der Waals surface area contributed by atoms with Gasteiger partial charge in [-0.1, -0.05) is 18.1 Å². The van der Waals surface area contributed by atoms with E-state index >= 15 is 0 Å². The molecule has 1 fully saturated rings. The van der Waals surface area contributed by atoms with Crippen molar-refractivity contribution in [2.45, 2.75) is 71.8 Å². The summed E-state index contributed by atoms with van der Waals surface area (Å²) in [5.41, 5.74) is 3.81. The molecule has 0 saturated heterocycles. The Bertz CT molecular complexity index is 928. The first-order chi connectivity index (χ1) is 14.2. The molecule has 0 unspecified atom stereocenters. The highest BCUT2D eigenvalue weighted by molar-refractivity contribution is 7.17. The van der Waals surface area contributed by atoms with Crippen LogP contribution in [0.2, 0.25) is 0 Å². The zero-order chi connectivity index (χ0) is 21.6. The molecule has 0 bridgehead atoms. The highest BCUT2D eigenvalue weighted by Crippen LogP contribution is 2.41. The highest BCUT2D eigenvalue weighted by atomic mass is 32.1. The Morgan fingerprint density at radius 3 is 2.30 bits per heavy atom. The molecule has 1 heterocycles. The molecule has 30 heavy (non-hydrogen) atoms. The summed E-state index contributed by atoms with van der Waals surface area (Å²) in [5.74, 6) is -2.13. The van der Waals surface area contributed by atoms with Gasteiger partial charge in [0, 0.05) is 10.9 Å². The third-order valence-electron chi connectivity index (χ3n) is 6.81. The summed E-state index contributed by atoms with van der Waals surface area (Å²) in [7, 11) is 0. The van der Waals surface area contributed by atoms with Gasteiger partial charge in [-0.2, -0.15) is 0 Å². The third-order valence-corrected chi connectivity index (χ3v) is 7.98. The first kappa shape index (κ1) is 21.1. The van der Waals surface area contributed by atoms with Crippen molar-refractivity contribution in [2.75, 3.05) is 5.32 Å². The van der Waals surface area contributed by atoms with Gasteiger partial charge >= 0.3 is 5.97 Å². The lowest BCUT2D eigenvalue weighted by Gasteiger charge is -2.29. The number of amides is 2. The molecule has 3 N–H and O–H groups in total. The van der Waals surface area contributed by atoms with Gasteiger partial charge < -0.3 is 15.7 Å². The van der Waals surface area contributed by atoms with E-state index in [2.05, 4.69) is 17.6 Å². The van der Waals surface area contributed by atoms with Crippen molar-refractivity contribution < 1.29 is 19.5 Å². The molecule has 0 spiro atoms. The molecule has 7 heteroatoms. The Morgan fingerprint density at radius 2 is 1.67 bits per heavy atom. The van der Waals surface area contributed by atoms with Gasteiger partial charge in [0.15, 0.2) is 0 Å². The Balaban J connectivity index is 1.62. The van der Waals surface area contributed by atoms with E-state index in [0.29, 0.717) is 29.3 Å². The monoisotopic (exact) mass is 430 g/mol. The lowest BCUT2D eigenvalue weighted by atomic mass is 9.76. The van der Waals surface area contributed by atoms with Crippen LogP contribution >= 0.6 is 11.3 Å². The molecule has 3 aliphatic rings. The summed E-state index contributed by atoms with van der Waals surface area (Å²) in [6.45, 7) is 6.11. The number of rotatable bonds is 5. The van der Waals surface area contributed by atoms with Gasteiger partial charge in [-0.25, -0.2) is 0 Å². The van der Waals surface area contributed by atoms with Crippen molar-refractivity contribution in [3.63, 3.8) is 0 Å². The van der Waals surface area contributed by atoms with E-state index in [4.69, 9.17) is 0 Å². The molecular formula is C23H30N2O4S. The van der Waals surface area contributed by atoms with Gasteiger partial charge in [0.05, 0.1) is 17.4 Å². The number of hydrogen-bond acceptors (Lipinski definition) is 4. The van der Waals surface area contributed by atoms with Crippen LogP contribution in [-0.2, 0) is 22.4 Å². The molecule has 1 aromatic rings. The highest BCUT2D eigenvalue weighted by Gasteiger charge is 2.38. The number of carboxylic acids is 1. The van der Waals surface area contributed by atoms with Crippen LogP contribution in [0.1, 0.15) is 73.7 Å².